The van der Waals surface area contributed by atoms with Crippen LogP contribution in [-0.4, -0.2) is 59.0 Å². The van der Waals surface area contributed by atoms with Crippen LogP contribution < -0.4 is 11.1 Å². The molecule has 0 saturated heterocycles. The fraction of sp³-hybridized carbons (Fsp3) is 0.821. The van der Waals surface area contributed by atoms with Gasteiger partial charge in [-0.3, -0.25) is 13.8 Å². The number of rotatable bonds is 36. The van der Waals surface area contributed by atoms with E-state index in [1.165, 1.54) is 77.0 Å². The standard InChI is InChI=1S/C39H75N2O7P/c1-3-5-7-9-11-13-15-17-18-19-20-22-24-26-28-30-36(42)34-39(44)41-37(35-48-49(45,46)47-33-32-40)38(43)31-29-27-25-23-21-16-14-12-10-8-6-4-2/h11,13,17-18,29,31,36-38,42-43H,3-10,12,14-16,19-28,30,32-35,40H2,1-2H3,(H,41,44)(H,45,46)/b13-11-,18-17-,31-29+. The molecule has 49 heavy (non-hydrogen) atoms. The fourth-order valence-electron chi connectivity index (χ4n) is 5.50. The predicted octanol–water partition coefficient (Wildman–Crippen LogP) is 9.36. The van der Waals surface area contributed by atoms with E-state index >= 15 is 0 Å². The molecule has 0 rings (SSSR count). The number of carbonyl (C=O) groups excluding carboxylic acids is 1. The molecule has 9 nitrogen and oxygen atoms in total. The smallest absolute Gasteiger partial charge is 0.393 e. The summed E-state index contributed by atoms with van der Waals surface area (Å²) in [6.45, 7) is 3.91. The van der Waals surface area contributed by atoms with Crippen molar-refractivity contribution in [2.45, 2.75) is 186 Å². The van der Waals surface area contributed by atoms with E-state index in [1.54, 1.807) is 6.08 Å². The third-order valence-electron chi connectivity index (χ3n) is 8.51. The van der Waals surface area contributed by atoms with Gasteiger partial charge in [0.1, 0.15) is 0 Å². The lowest BCUT2D eigenvalue weighted by molar-refractivity contribution is -0.124. The highest BCUT2D eigenvalue weighted by Gasteiger charge is 2.27. The number of aliphatic hydroxyl groups is 2. The third kappa shape index (κ3) is 33.6. The minimum atomic E-state index is -4.39. The van der Waals surface area contributed by atoms with Gasteiger partial charge >= 0.3 is 7.82 Å². The third-order valence-corrected chi connectivity index (χ3v) is 9.50. The summed E-state index contributed by atoms with van der Waals surface area (Å²) in [5.41, 5.74) is 5.34. The molecule has 4 unspecified atom stereocenters. The Kier molecular flexibility index (Phi) is 34.2. The van der Waals surface area contributed by atoms with Crippen LogP contribution in [0.5, 0.6) is 0 Å². The van der Waals surface area contributed by atoms with Gasteiger partial charge in [-0.25, -0.2) is 4.57 Å². The van der Waals surface area contributed by atoms with E-state index in [4.69, 9.17) is 14.8 Å². The van der Waals surface area contributed by atoms with E-state index in [2.05, 4.69) is 43.5 Å². The van der Waals surface area contributed by atoms with Crippen LogP contribution in [0, 0.1) is 0 Å². The number of phosphoric acid groups is 1. The van der Waals surface area contributed by atoms with Crippen molar-refractivity contribution in [3.05, 3.63) is 36.5 Å². The maximum atomic E-state index is 12.7. The molecule has 0 aliphatic carbocycles. The molecule has 0 aromatic rings. The highest BCUT2D eigenvalue weighted by molar-refractivity contribution is 7.47. The molecular formula is C39H75N2O7P. The number of hydrogen-bond donors (Lipinski definition) is 5. The lowest BCUT2D eigenvalue weighted by atomic mass is 10.0. The largest absolute Gasteiger partial charge is 0.472 e. The number of unbranched alkanes of at least 4 members (excludes halogenated alkanes) is 18. The van der Waals surface area contributed by atoms with Crippen LogP contribution in [0.1, 0.15) is 168 Å². The lowest BCUT2D eigenvalue weighted by Gasteiger charge is -2.24. The van der Waals surface area contributed by atoms with Gasteiger partial charge in [-0.05, 0) is 51.4 Å². The lowest BCUT2D eigenvalue weighted by Crippen LogP contribution is -2.46. The Morgan fingerprint density at radius 1 is 0.714 bits per heavy atom. The summed E-state index contributed by atoms with van der Waals surface area (Å²) in [6.07, 6.45) is 36.5. The van der Waals surface area contributed by atoms with Gasteiger partial charge in [0.05, 0.1) is 37.9 Å². The normalized spacial score (nSPS) is 15.3. The van der Waals surface area contributed by atoms with Crippen molar-refractivity contribution in [2.75, 3.05) is 19.8 Å². The zero-order valence-electron chi connectivity index (χ0n) is 31.3. The van der Waals surface area contributed by atoms with Gasteiger partial charge in [0.15, 0.2) is 0 Å². The Bertz CT molecular complexity index is 883. The number of amides is 1. The maximum Gasteiger partial charge on any atom is 0.472 e. The van der Waals surface area contributed by atoms with Gasteiger partial charge < -0.3 is 26.2 Å². The molecule has 0 aromatic carbocycles. The summed E-state index contributed by atoms with van der Waals surface area (Å²) >= 11 is 0. The molecule has 1 amide bonds. The van der Waals surface area contributed by atoms with Gasteiger partial charge in [0, 0.05) is 6.54 Å². The topological polar surface area (TPSA) is 151 Å². The molecule has 0 heterocycles. The summed E-state index contributed by atoms with van der Waals surface area (Å²) in [7, 11) is -4.39. The maximum absolute atomic E-state index is 12.7. The number of nitrogens with two attached hydrogens (primary N) is 1. The van der Waals surface area contributed by atoms with E-state index in [-0.39, 0.29) is 19.6 Å². The summed E-state index contributed by atoms with van der Waals surface area (Å²) < 4.78 is 22.0. The molecule has 0 fully saturated rings. The zero-order chi connectivity index (χ0) is 36.3. The van der Waals surface area contributed by atoms with Crippen LogP contribution in [-0.2, 0) is 18.4 Å². The summed E-state index contributed by atoms with van der Waals surface area (Å²) in [6, 6.07) is -0.985. The number of carbonyl (C=O) groups is 1. The van der Waals surface area contributed by atoms with Crippen LogP contribution in [0.4, 0.5) is 0 Å². The Labute approximate surface area is 300 Å². The van der Waals surface area contributed by atoms with Crippen molar-refractivity contribution in [3.63, 3.8) is 0 Å². The molecule has 0 radical (unpaired) electrons. The van der Waals surface area contributed by atoms with Crippen molar-refractivity contribution in [2.24, 2.45) is 5.73 Å². The number of allylic oxidation sites excluding steroid dienone is 5. The molecule has 0 aromatic heterocycles. The second-order valence-electron chi connectivity index (χ2n) is 13.3. The fourth-order valence-corrected chi connectivity index (χ4v) is 6.26. The highest BCUT2D eigenvalue weighted by Crippen LogP contribution is 2.43. The highest BCUT2D eigenvalue weighted by atomic mass is 31.2. The first kappa shape index (κ1) is 47.7. The summed E-state index contributed by atoms with van der Waals surface area (Å²) in [5, 5.41) is 23.9. The first-order valence-corrected chi connectivity index (χ1v) is 21.2. The van der Waals surface area contributed by atoms with E-state index in [0.29, 0.717) is 6.42 Å². The minimum Gasteiger partial charge on any atom is -0.393 e. The van der Waals surface area contributed by atoms with E-state index in [9.17, 15) is 24.5 Å². The number of aliphatic hydroxyl groups excluding tert-OH is 2. The number of nitrogens with one attached hydrogen (secondary N) is 1. The predicted molar refractivity (Wildman–Crippen MR) is 204 cm³/mol. The Hall–Kier alpha value is -1.32. The first-order valence-electron chi connectivity index (χ1n) is 19.7. The van der Waals surface area contributed by atoms with Crippen molar-refractivity contribution in [1.82, 2.24) is 5.32 Å². The Balaban J connectivity index is 4.42. The van der Waals surface area contributed by atoms with Crippen molar-refractivity contribution < 1.29 is 33.5 Å². The summed E-state index contributed by atoms with van der Waals surface area (Å²) in [5.74, 6) is -0.457. The SMILES string of the molecule is CCCCC/C=C\C/C=C\CCCCCCCC(O)CC(=O)NC(COP(=O)(O)OCCN)C(O)/C=C/CCCCCCCCCCCC. The second-order valence-corrected chi connectivity index (χ2v) is 14.8. The van der Waals surface area contributed by atoms with Crippen molar-refractivity contribution in [1.29, 1.82) is 0 Å². The minimum absolute atomic E-state index is 0.0466. The zero-order valence-corrected chi connectivity index (χ0v) is 32.2. The quantitative estimate of drug-likeness (QED) is 0.0245. The summed E-state index contributed by atoms with van der Waals surface area (Å²) in [4.78, 5) is 22.7. The molecule has 0 aliphatic rings. The van der Waals surface area contributed by atoms with Crippen LogP contribution >= 0.6 is 7.82 Å². The molecule has 6 N–H and O–H groups in total. The van der Waals surface area contributed by atoms with Gasteiger partial charge in [-0.15, -0.1) is 0 Å². The molecule has 0 bridgehead atoms. The monoisotopic (exact) mass is 715 g/mol. The van der Waals surface area contributed by atoms with Gasteiger partial charge in [-0.2, -0.15) is 0 Å². The average molecular weight is 715 g/mol. The molecule has 4 atom stereocenters. The first-order chi connectivity index (χ1) is 23.8. The van der Waals surface area contributed by atoms with Crippen LogP contribution in [0.3, 0.4) is 0 Å². The number of hydrogen-bond acceptors (Lipinski definition) is 7. The number of phosphoric ester groups is 1. The molecule has 0 aliphatic heterocycles. The van der Waals surface area contributed by atoms with Crippen LogP contribution in [0.2, 0.25) is 0 Å². The van der Waals surface area contributed by atoms with E-state index in [0.717, 1.165) is 64.2 Å². The van der Waals surface area contributed by atoms with Gasteiger partial charge in [-0.1, -0.05) is 147 Å². The van der Waals surface area contributed by atoms with Crippen molar-refractivity contribution in [3.8, 4) is 0 Å². The molecule has 288 valence electrons. The molecule has 0 saturated carbocycles. The Morgan fingerprint density at radius 3 is 1.78 bits per heavy atom. The van der Waals surface area contributed by atoms with Crippen molar-refractivity contribution >= 4 is 13.7 Å². The van der Waals surface area contributed by atoms with Crippen LogP contribution in [0.25, 0.3) is 0 Å². The van der Waals surface area contributed by atoms with E-state index in [1.807, 2.05) is 6.08 Å². The molecular weight excluding hydrogens is 639 g/mol. The van der Waals surface area contributed by atoms with Gasteiger partial charge in [0.25, 0.3) is 0 Å². The van der Waals surface area contributed by atoms with E-state index < -0.39 is 38.6 Å². The molecule has 10 heteroatoms. The Morgan fingerprint density at radius 2 is 1.20 bits per heavy atom. The average Bonchev–Trinajstić information content (AvgIpc) is 3.07. The second kappa shape index (κ2) is 35.1. The van der Waals surface area contributed by atoms with Gasteiger partial charge in [0.2, 0.25) is 5.91 Å². The van der Waals surface area contributed by atoms with Crippen LogP contribution in [0.15, 0.2) is 36.5 Å². The molecule has 0 spiro atoms.